The van der Waals surface area contributed by atoms with Crippen LogP contribution in [0.15, 0.2) is 4.99 Å². The maximum absolute atomic E-state index is 13.2. The molecule has 11 N–H and O–H groups in total. The summed E-state index contributed by atoms with van der Waals surface area (Å²) in [4.78, 5) is 54.3. The zero-order valence-corrected chi connectivity index (χ0v) is 21.8. The minimum atomic E-state index is -1.15. The van der Waals surface area contributed by atoms with Crippen LogP contribution in [0.5, 0.6) is 0 Å². The number of amides is 3. The minimum Gasteiger partial charge on any atom is -0.480 e. The van der Waals surface area contributed by atoms with E-state index in [1.54, 1.807) is 0 Å². The Morgan fingerprint density at radius 1 is 1.00 bits per heavy atom. The maximum atomic E-state index is 13.2. The van der Waals surface area contributed by atoms with Gasteiger partial charge < -0.3 is 43.6 Å². The van der Waals surface area contributed by atoms with E-state index < -0.39 is 35.9 Å². The normalized spacial score (nSPS) is 17.4. The van der Waals surface area contributed by atoms with Gasteiger partial charge in [0.25, 0.3) is 0 Å². The summed E-state index contributed by atoms with van der Waals surface area (Å²) in [7, 11) is 0. The Labute approximate surface area is 216 Å². The second kappa shape index (κ2) is 17.8. The molecule has 1 aliphatic rings. The van der Waals surface area contributed by atoms with Crippen molar-refractivity contribution in [3.05, 3.63) is 0 Å². The zero-order valence-electron chi connectivity index (χ0n) is 21.0. The van der Waals surface area contributed by atoms with E-state index in [-0.39, 0.29) is 37.3 Å². The molecule has 0 aromatic carbocycles. The van der Waals surface area contributed by atoms with E-state index in [0.29, 0.717) is 44.4 Å². The summed E-state index contributed by atoms with van der Waals surface area (Å²) in [6.07, 6.45) is 5.84. The highest BCUT2D eigenvalue weighted by atomic mass is 32.2. The zero-order chi connectivity index (χ0) is 26.9. The number of nitrogens with one attached hydrogen (secondary N) is 4. The van der Waals surface area contributed by atoms with Crippen molar-refractivity contribution >= 4 is 41.4 Å². The first-order valence-electron chi connectivity index (χ1n) is 12.3. The molecule has 1 saturated heterocycles. The molecule has 0 bridgehead atoms. The van der Waals surface area contributed by atoms with Gasteiger partial charge in [-0.05, 0) is 76.5 Å². The van der Waals surface area contributed by atoms with Gasteiger partial charge in [0.15, 0.2) is 5.96 Å². The number of carbonyl (C=O) groups excluding carboxylic acids is 3. The van der Waals surface area contributed by atoms with Gasteiger partial charge in [-0.2, -0.15) is 11.8 Å². The second-order valence-electron chi connectivity index (χ2n) is 8.69. The average molecular weight is 531 g/mol. The Hall–Kier alpha value is -2.58. The Bertz CT molecular complexity index is 744. The predicted molar refractivity (Wildman–Crippen MR) is 140 cm³/mol. The lowest BCUT2D eigenvalue weighted by Crippen LogP contribution is -2.57. The summed E-state index contributed by atoms with van der Waals surface area (Å²) in [5, 5.41) is 20.6. The molecule has 0 spiro atoms. The van der Waals surface area contributed by atoms with E-state index in [2.05, 4.69) is 26.3 Å². The number of rotatable bonds is 18. The van der Waals surface area contributed by atoms with Gasteiger partial charge >= 0.3 is 5.97 Å². The van der Waals surface area contributed by atoms with E-state index in [0.717, 1.165) is 13.0 Å². The summed E-state index contributed by atoms with van der Waals surface area (Å²) >= 11 is 1.47. The number of carbonyl (C=O) groups is 4. The molecular weight excluding hydrogens is 488 g/mol. The second-order valence-corrected chi connectivity index (χ2v) is 9.67. The van der Waals surface area contributed by atoms with E-state index in [4.69, 9.17) is 17.2 Å². The molecule has 4 atom stereocenters. The first-order chi connectivity index (χ1) is 17.2. The quantitative estimate of drug-likeness (QED) is 0.0564. The fraction of sp³-hybridized carbons (Fsp3) is 0.773. The fourth-order valence-electron chi connectivity index (χ4n) is 3.75. The Morgan fingerprint density at radius 3 is 2.19 bits per heavy atom. The van der Waals surface area contributed by atoms with Crippen molar-refractivity contribution in [2.75, 3.05) is 31.6 Å². The van der Waals surface area contributed by atoms with Crippen molar-refractivity contribution in [1.29, 1.82) is 0 Å². The van der Waals surface area contributed by atoms with Crippen LogP contribution >= 0.6 is 11.8 Å². The van der Waals surface area contributed by atoms with E-state index in [1.807, 2.05) is 6.26 Å². The van der Waals surface area contributed by atoms with Gasteiger partial charge in [-0.1, -0.05) is 0 Å². The van der Waals surface area contributed by atoms with Crippen LogP contribution in [0, 0.1) is 0 Å². The average Bonchev–Trinajstić information content (AvgIpc) is 3.37. The van der Waals surface area contributed by atoms with E-state index >= 15 is 0 Å². The number of carboxylic acids is 1. The first kappa shape index (κ1) is 31.4. The largest absolute Gasteiger partial charge is 0.480 e. The lowest BCUT2D eigenvalue weighted by Gasteiger charge is -2.25. The SMILES string of the molecule is CSCCC(NC(=O)C(CCCN=C(N)N)NC(=O)C(CCCCN)NC(=O)C1CCCN1)C(=O)O. The van der Waals surface area contributed by atoms with Crippen molar-refractivity contribution in [3.8, 4) is 0 Å². The molecule has 3 amide bonds. The molecule has 36 heavy (non-hydrogen) atoms. The molecule has 0 aliphatic carbocycles. The number of thioether (sulfide) groups is 1. The highest BCUT2D eigenvalue weighted by molar-refractivity contribution is 7.98. The summed E-state index contributed by atoms with van der Waals surface area (Å²) in [5.74, 6) is -2.10. The molecule has 0 radical (unpaired) electrons. The summed E-state index contributed by atoms with van der Waals surface area (Å²) in [6.45, 7) is 1.43. The summed E-state index contributed by atoms with van der Waals surface area (Å²) in [5.41, 5.74) is 16.3. The molecule has 13 nitrogen and oxygen atoms in total. The van der Waals surface area contributed by atoms with Gasteiger partial charge in [-0.3, -0.25) is 19.4 Å². The number of nitrogens with zero attached hydrogens (tertiary/aromatic N) is 1. The predicted octanol–water partition coefficient (Wildman–Crippen LogP) is -1.79. The molecule has 1 fully saturated rings. The smallest absolute Gasteiger partial charge is 0.326 e. The highest BCUT2D eigenvalue weighted by Gasteiger charge is 2.31. The molecule has 0 saturated carbocycles. The van der Waals surface area contributed by atoms with Crippen LogP contribution in [0.3, 0.4) is 0 Å². The number of hydrogen-bond acceptors (Lipinski definition) is 8. The van der Waals surface area contributed by atoms with Crippen LogP contribution in [-0.4, -0.2) is 90.6 Å². The topological polar surface area (TPSA) is 227 Å². The van der Waals surface area contributed by atoms with Crippen molar-refractivity contribution in [2.45, 2.75) is 75.5 Å². The third-order valence-corrected chi connectivity index (χ3v) is 6.40. The van der Waals surface area contributed by atoms with Crippen LogP contribution in [0.25, 0.3) is 0 Å². The Morgan fingerprint density at radius 2 is 1.64 bits per heavy atom. The van der Waals surface area contributed by atoms with Crippen LogP contribution in [0.1, 0.15) is 51.4 Å². The Kier molecular flexibility index (Phi) is 15.5. The number of nitrogens with two attached hydrogens (primary N) is 3. The Balaban J connectivity index is 2.94. The number of aliphatic carboxylic acids is 1. The molecule has 4 unspecified atom stereocenters. The van der Waals surface area contributed by atoms with Gasteiger partial charge in [0.1, 0.15) is 18.1 Å². The van der Waals surface area contributed by atoms with Crippen molar-refractivity contribution in [1.82, 2.24) is 21.3 Å². The molecule has 14 heteroatoms. The molecule has 0 aromatic rings. The number of carboxylic acid groups (broad SMARTS) is 1. The third kappa shape index (κ3) is 12.4. The molecule has 206 valence electrons. The first-order valence-corrected chi connectivity index (χ1v) is 13.7. The number of aliphatic imine (C=N–C) groups is 1. The van der Waals surface area contributed by atoms with Gasteiger partial charge in [0.2, 0.25) is 17.7 Å². The van der Waals surface area contributed by atoms with Crippen LogP contribution < -0.4 is 38.5 Å². The minimum absolute atomic E-state index is 0.0914. The lowest BCUT2D eigenvalue weighted by atomic mass is 10.0. The monoisotopic (exact) mass is 530 g/mol. The maximum Gasteiger partial charge on any atom is 0.326 e. The van der Waals surface area contributed by atoms with Crippen molar-refractivity contribution in [3.63, 3.8) is 0 Å². The fourth-order valence-corrected chi connectivity index (χ4v) is 4.22. The molecular formula is C22H42N8O5S. The molecule has 1 rings (SSSR count). The number of guanidine groups is 1. The van der Waals surface area contributed by atoms with E-state index in [9.17, 15) is 24.3 Å². The van der Waals surface area contributed by atoms with Crippen molar-refractivity contribution < 1.29 is 24.3 Å². The van der Waals surface area contributed by atoms with Gasteiger partial charge in [0.05, 0.1) is 6.04 Å². The highest BCUT2D eigenvalue weighted by Crippen LogP contribution is 2.09. The van der Waals surface area contributed by atoms with E-state index in [1.165, 1.54) is 11.8 Å². The summed E-state index contributed by atoms with van der Waals surface area (Å²) in [6, 6.07) is -3.33. The van der Waals surface area contributed by atoms with Gasteiger partial charge in [-0.15, -0.1) is 0 Å². The standard InChI is InChI=1S/C22H42N8O5S/c1-36-13-9-17(21(34)35)30-20(33)16(8-5-12-27-22(24)25)29-19(32)15(6-2-3-10-23)28-18(31)14-7-4-11-26-14/h14-17,26H,2-13,23H2,1H3,(H,28,31)(H,29,32)(H,30,33)(H,34,35)(H4,24,25,27). The number of unbranched alkanes of at least 4 members (excludes halogenated alkanes) is 1. The number of hydrogen-bond donors (Lipinski definition) is 8. The molecule has 1 aliphatic heterocycles. The van der Waals surface area contributed by atoms with Gasteiger partial charge in [0, 0.05) is 6.54 Å². The molecule has 1 heterocycles. The molecule has 0 aromatic heterocycles. The van der Waals surface area contributed by atoms with Crippen LogP contribution in [0.2, 0.25) is 0 Å². The van der Waals surface area contributed by atoms with Crippen molar-refractivity contribution in [2.24, 2.45) is 22.2 Å². The lowest BCUT2D eigenvalue weighted by molar-refractivity contribution is -0.142. The van der Waals surface area contributed by atoms with Crippen LogP contribution in [-0.2, 0) is 19.2 Å². The third-order valence-electron chi connectivity index (χ3n) is 5.76. The van der Waals surface area contributed by atoms with Crippen LogP contribution in [0.4, 0.5) is 0 Å². The summed E-state index contributed by atoms with van der Waals surface area (Å²) < 4.78 is 0. The van der Waals surface area contributed by atoms with Gasteiger partial charge in [-0.25, -0.2) is 4.79 Å².